The van der Waals surface area contributed by atoms with Crippen molar-refractivity contribution in [3.05, 3.63) is 61.0 Å². The van der Waals surface area contributed by atoms with Crippen LogP contribution in [0.25, 0.3) is 0 Å². The second-order valence-electron chi connectivity index (χ2n) is 3.77. The molecule has 0 spiro atoms. The number of halogens is 1. The maximum atomic E-state index is 12.7. The number of hydrogen-bond donors (Lipinski definition) is 1. The van der Waals surface area contributed by atoms with Crippen LogP contribution in [-0.4, -0.2) is 24.0 Å². The number of carbonyl (C=O) groups is 1. The fourth-order valence-electron chi connectivity index (χ4n) is 1.44. The zero-order chi connectivity index (χ0) is 13.4. The van der Waals surface area contributed by atoms with Crippen LogP contribution in [0.15, 0.2) is 49.6 Å². The lowest BCUT2D eigenvalue weighted by Crippen LogP contribution is -2.39. The summed E-state index contributed by atoms with van der Waals surface area (Å²) in [5.41, 5.74) is 0.849. The van der Waals surface area contributed by atoms with E-state index in [0.29, 0.717) is 19.6 Å². The zero-order valence-electron chi connectivity index (χ0n) is 10.2. The second-order valence-corrected chi connectivity index (χ2v) is 3.77. The van der Waals surface area contributed by atoms with E-state index in [4.69, 9.17) is 0 Å². The third kappa shape index (κ3) is 4.41. The summed E-state index contributed by atoms with van der Waals surface area (Å²) in [6.07, 6.45) is 3.31. The number of nitrogens with zero attached hydrogens (tertiary/aromatic N) is 1. The van der Waals surface area contributed by atoms with Gasteiger partial charge < -0.3 is 10.2 Å². The minimum atomic E-state index is -0.287. The minimum Gasteiger partial charge on any atom is -0.334 e. The Morgan fingerprint density at radius 1 is 1.22 bits per heavy atom. The Labute approximate surface area is 107 Å². The van der Waals surface area contributed by atoms with Crippen molar-refractivity contribution in [1.29, 1.82) is 0 Å². The molecule has 96 valence electrons. The summed E-state index contributed by atoms with van der Waals surface area (Å²) >= 11 is 0. The number of hydrogen-bond acceptors (Lipinski definition) is 1. The van der Waals surface area contributed by atoms with Crippen LogP contribution in [0, 0.1) is 5.82 Å². The summed E-state index contributed by atoms with van der Waals surface area (Å²) in [5.74, 6) is -0.287. The molecule has 1 rings (SSSR count). The summed E-state index contributed by atoms with van der Waals surface area (Å²) in [5, 5.41) is 2.76. The molecule has 4 heteroatoms. The van der Waals surface area contributed by atoms with Crippen molar-refractivity contribution < 1.29 is 9.18 Å². The Hall–Kier alpha value is -2.10. The predicted octanol–water partition coefficient (Wildman–Crippen LogP) is 2.71. The van der Waals surface area contributed by atoms with Crippen LogP contribution >= 0.6 is 0 Å². The molecular formula is C14H17FN2O. The molecule has 1 aromatic rings. The first-order chi connectivity index (χ1) is 8.67. The van der Waals surface area contributed by atoms with E-state index in [2.05, 4.69) is 18.5 Å². The first-order valence-corrected chi connectivity index (χ1v) is 5.66. The standard InChI is InChI=1S/C14H17FN2O/c1-3-9-17(10-4-2)14(18)16-11-12-5-7-13(15)8-6-12/h3-8H,1-2,9-11H2,(H,16,18). The van der Waals surface area contributed by atoms with Crippen molar-refractivity contribution in [2.75, 3.05) is 13.1 Å². The highest BCUT2D eigenvalue weighted by atomic mass is 19.1. The molecule has 0 bridgehead atoms. The van der Waals surface area contributed by atoms with Gasteiger partial charge >= 0.3 is 6.03 Å². The molecule has 1 aromatic carbocycles. The molecule has 0 aliphatic carbocycles. The average molecular weight is 248 g/mol. The van der Waals surface area contributed by atoms with E-state index < -0.39 is 0 Å². The largest absolute Gasteiger partial charge is 0.334 e. The fraction of sp³-hybridized carbons (Fsp3) is 0.214. The third-order valence-electron chi connectivity index (χ3n) is 2.34. The Morgan fingerprint density at radius 3 is 2.28 bits per heavy atom. The highest BCUT2D eigenvalue weighted by Crippen LogP contribution is 2.02. The van der Waals surface area contributed by atoms with Gasteiger partial charge in [-0.15, -0.1) is 13.2 Å². The predicted molar refractivity (Wildman–Crippen MR) is 70.6 cm³/mol. The molecule has 0 heterocycles. The van der Waals surface area contributed by atoms with Gasteiger partial charge in [-0.1, -0.05) is 24.3 Å². The van der Waals surface area contributed by atoms with Crippen molar-refractivity contribution in [3.8, 4) is 0 Å². The van der Waals surface area contributed by atoms with Crippen LogP contribution in [0.3, 0.4) is 0 Å². The molecule has 0 radical (unpaired) electrons. The Morgan fingerprint density at radius 2 is 1.78 bits per heavy atom. The van der Waals surface area contributed by atoms with E-state index in [0.717, 1.165) is 5.56 Å². The molecule has 0 atom stereocenters. The van der Waals surface area contributed by atoms with Crippen LogP contribution in [0.1, 0.15) is 5.56 Å². The van der Waals surface area contributed by atoms with Gasteiger partial charge in [-0.05, 0) is 17.7 Å². The fourth-order valence-corrected chi connectivity index (χ4v) is 1.44. The highest BCUT2D eigenvalue weighted by Gasteiger charge is 2.09. The van der Waals surface area contributed by atoms with Gasteiger partial charge in [0.25, 0.3) is 0 Å². The van der Waals surface area contributed by atoms with Gasteiger partial charge in [0.15, 0.2) is 0 Å². The SMILES string of the molecule is C=CCN(CC=C)C(=O)NCc1ccc(F)cc1. The molecule has 0 aliphatic heterocycles. The molecule has 2 amide bonds. The molecule has 0 unspecified atom stereocenters. The molecule has 0 aliphatic rings. The number of urea groups is 1. The van der Waals surface area contributed by atoms with Crippen molar-refractivity contribution in [1.82, 2.24) is 10.2 Å². The van der Waals surface area contributed by atoms with Gasteiger partial charge in [-0.2, -0.15) is 0 Å². The summed E-state index contributed by atoms with van der Waals surface area (Å²) in [7, 11) is 0. The number of rotatable bonds is 6. The van der Waals surface area contributed by atoms with Gasteiger partial charge in [0, 0.05) is 19.6 Å². The molecule has 18 heavy (non-hydrogen) atoms. The van der Waals surface area contributed by atoms with Crippen LogP contribution < -0.4 is 5.32 Å². The Balaban J connectivity index is 2.50. The lowest BCUT2D eigenvalue weighted by Gasteiger charge is -2.19. The van der Waals surface area contributed by atoms with Crippen LogP contribution in [0.5, 0.6) is 0 Å². The Kier molecular flexibility index (Phi) is 5.64. The molecule has 0 fully saturated rings. The zero-order valence-corrected chi connectivity index (χ0v) is 10.2. The van der Waals surface area contributed by atoms with Crippen molar-refractivity contribution >= 4 is 6.03 Å². The molecule has 0 aromatic heterocycles. The van der Waals surface area contributed by atoms with Crippen molar-refractivity contribution in [2.45, 2.75) is 6.54 Å². The molecule has 1 N–H and O–H groups in total. The number of benzene rings is 1. The first-order valence-electron chi connectivity index (χ1n) is 5.66. The van der Waals surface area contributed by atoms with E-state index in [1.54, 1.807) is 29.2 Å². The van der Waals surface area contributed by atoms with Gasteiger partial charge in [0.1, 0.15) is 5.82 Å². The molecule has 0 saturated heterocycles. The smallest absolute Gasteiger partial charge is 0.318 e. The number of carbonyl (C=O) groups excluding carboxylic acids is 1. The first kappa shape index (κ1) is 14.0. The van der Waals surface area contributed by atoms with Gasteiger partial charge in [0.05, 0.1) is 0 Å². The third-order valence-corrected chi connectivity index (χ3v) is 2.34. The normalized spacial score (nSPS) is 9.61. The number of nitrogens with one attached hydrogen (secondary N) is 1. The minimum absolute atomic E-state index is 0.195. The topological polar surface area (TPSA) is 32.3 Å². The van der Waals surface area contributed by atoms with Crippen LogP contribution in [0.4, 0.5) is 9.18 Å². The lowest BCUT2D eigenvalue weighted by molar-refractivity contribution is 0.208. The van der Waals surface area contributed by atoms with Gasteiger partial charge in [-0.3, -0.25) is 0 Å². The summed E-state index contributed by atoms with van der Waals surface area (Å²) in [4.78, 5) is 13.4. The van der Waals surface area contributed by atoms with E-state index in [1.165, 1.54) is 12.1 Å². The molecule has 0 saturated carbocycles. The molecular weight excluding hydrogens is 231 g/mol. The summed E-state index contributed by atoms with van der Waals surface area (Å²) in [6.45, 7) is 8.48. The molecule has 3 nitrogen and oxygen atoms in total. The van der Waals surface area contributed by atoms with Crippen LogP contribution in [-0.2, 0) is 6.54 Å². The maximum absolute atomic E-state index is 12.7. The van der Waals surface area contributed by atoms with Gasteiger partial charge in [-0.25, -0.2) is 9.18 Å². The van der Waals surface area contributed by atoms with Crippen LogP contribution in [0.2, 0.25) is 0 Å². The summed E-state index contributed by atoms with van der Waals surface area (Å²) in [6, 6.07) is 5.82. The summed E-state index contributed by atoms with van der Waals surface area (Å²) < 4.78 is 12.7. The Bertz CT molecular complexity index is 404. The van der Waals surface area contributed by atoms with E-state index in [-0.39, 0.29) is 11.8 Å². The average Bonchev–Trinajstić information content (AvgIpc) is 2.37. The van der Waals surface area contributed by atoms with Gasteiger partial charge in [0.2, 0.25) is 0 Å². The number of amides is 2. The second kappa shape index (κ2) is 7.27. The lowest BCUT2D eigenvalue weighted by atomic mass is 10.2. The monoisotopic (exact) mass is 248 g/mol. The highest BCUT2D eigenvalue weighted by molar-refractivity contribution is 5.74. The van der Waals surface area contributed by atoms with Crippen molar-refractivity contribution in [2.24, 2.45) is 0 Å². The van der Waals surface area contributed by atoms with E-state index in [1.807, 2.05) is 0 Å². The van der Waals surface area contributed by atoms with Crippen molar-refractivity contribution in [3.63, 3.8) is 0 Å². The van der Waals surface area contributed by atoms with E-state index in [9.17, 15) is 9.18 Å². The maximum Gasteiger partial charge on any atom is 0.318 e. The quantitative estimate of drug-likeness (QED) is 0.771. The van der Waals surface area contributed by atoms with E-state index >= 15 is 0 Å².